The average molecular weight is 353 g/mol. The van der Waals surface area contributed by atoms with E-state index in [-0.39, 0.29) is 6.09 Å². The molecule has 3 rings (SSSR count). The molecule has 1 amide bonds. The fourth-order valence-corrected chi connectivity index (χ4v) is 3.06. The van der Waals surface area contributed by atoms with Gasteiger partial charge in [0.15, 0.2) is 0 Å². The van der Waals surface area contributed by atoms with Crippen molar-refractivity contribution in [2.75, 3.05) is 13.1 Å². The first kappa shape index (κ1) is 18.2. The lowest BCUT2D eigenvalue weighted by Gasteiger charge is -2.31. The topological polar surface area (TPSA) is 47.4 Å². The Morgan fingerprint density at radius 2 is 1.92 bits per heavy atom. The summed E-state index contributed by atoms with van der Waals surface area (Å²) < 4.78 is 7.27. The largest absolute Gasteiger partial charge is 0.444 e. The van der Waals surface area contributed by atoms with Gasteiger partial charge in [0.2, 0.25) is 0 Å². The van der Waals surface area contributed by atoms with E-state index in [9.17, 15) is 4.79 Å². The molecule has 0 atom stereocenters. The summed E-state index contributed by atoms with van der Waals surface area (Å²) >= 11 is 0. The molecule has 0 aliphatic carbocycles. The Morgan fingerprint density at radius 3 is 2.54 bits per heavy atom. The highest BCUT2D eigenvalue weighted by molar-refractivity contribution is 5.69. The SMILES string of the molecule is Cn1cc(-c2cccc(C=C3CCN(C(=O)OC(C)(C)C)CC3)c2)cn1. The molecule has 1 aromatic carbocycles. The third kappa shape index (κ3) is 4.75. The highest BCUT2D eigenvalue weighted by atomic mass is 16.6. The molecular weight excluding hydrogens is 326 g/mol. The summed E-state index contributed by atoms with van der Waals surface area (Å²) in [5.41, 5.74) is 4.39. The molecule has 138 valence electrons. The monoisotopic (exact) mass is 353 g/mol. The van der Waals surface area contributed by atoms with Crippen molar-refractivity contribution in [3.63, 3.8) is 0 Å². The average Bonchev–Trinajstić information content (AvgIpc) is 3.01. The van der Waals surface area contributed by atoms with E-state index in [1.165, 1.54) is 16.7 Å². The number of hydrogen-bond acceptors (Lipinski definition) is 3. The second kappa shape index (κ2) is 7.36. The molecule has 0 bridgehead atoms. The van der Waals surface area contributed by atoms with Crippen LogP contribution in [0.25, 0.3) is 17.2 Å². The minimum atomic E-state index is -0.445. The van der Waals surface area contributed by atoms with E-state index in [2.05, 4.69) is 35.4 Å². The fourth-order valence-electron chi connectivity index (χ4n) is 3.06. The first-order chi connectivity index (χ1) is 12.3. The number of piperidine rings is 1. The van der Waals surface area contributed by atoms with Crippen LogP contribution in [0, 0.1) is 0 Å². The number of likely N-dealkylation sites (tertiary alicyclic amines) is 1. The number of hydrogen-bond donors (Lipinski definition) is 0. The zero-order valence-electron chi connectivity index (χ0n) is 16.0. The van der Waals surface area contributed by atoms with Crippen molar-refractivity contribution in [3.8, 4) is 11.1 Å². The maximum absolute atomic E-state index is 12.2. The number of aromatic nitrogens is 2. The van der Waals surface area contributed by atoms with E-state index in [4.69, 9.17) is 4.74 Å². The number of benzene rings is 1. The van der Waals surface area contributed by atoms with E-state index < -0.39 is 5.60 Å². The number of amides is 1. The fraction of sp³-hybridized carbons (Fsp3) is 0.429. The second-order valence-electron chi connectivity index (χ2n) is 7.80. The first-order valence-corrected chi connectivity index (χ1v) is 9.07. The number of ether oxygens (including phenoxy) is 1. The van der Waals surface area contributed by atoms with Crippen LogP contribution >= 0.6 is 0 Å². The van der Waals surface area contributed by atoms with Gasteiger partial charge in [0.25, 0.3) is 0 Å². The molecular formula is C21H27N3O2. The van der Waals surface area contributed by atoms with E-state index in [0.29, 0.717) is 13.1 Å². The molecule has 5 heteroatoms. The first-order valence-electron chi connectivity index (χ1n) is 9.07. The lowest BCUT2D eigenvalue weighted by molar-refractivity contribution is 0.0237. The van der Waals surface area contributed by atoms with Gasteiger partial charge in [-0.1, -0.05) is 29.8 Å². The minimum Gasteiger partial charge on any atom is -0.444 e. The summed E-state index contributed by atoms with van der Waals surface area (Å²) in [7, 11) is 1.92. The maximum atomic E-state index is 12.2. The smallest absolute Gasteiger partial charge is 0.410 e. The molecule has 1 aliphatic rings. The van der Waals surface area contributed by atoms with Crippen molar-refractivity contribution >= 4 is 12.2 Å². The van der Waals surface area contributed by atoms with Gasteiger partial charge in [-0.15, -0.1) is 0 Å². The Labute approximate surface area is 155 Å². The third-order valence-corrected chi connectivity index (χ3v) is 4.35. The van der Waals surface area contributed by atoms with Crippen LogP contribution < -0.4 is 0 Å². The molecule has 2 heterocycles. The predicted octanol–water partition coefficient (Wildman–Crippen LogP) is 4.50. The number of aryl methyl sites for hydroxylation is 1. The van der Waals surface area contributed by atoms with Gasteiger partial charge < -0.3 is 9.64 Å². The van der Waals surface area contributed by atoms with Crippen molar-refractivity contribution in [1.82, 2.24) is 14.7 Å². The van der Waals surface area contributed by atoms with Gasteiger partial charge >= 0.3 is 6.09 Å². The van der Waals surface area contributed by atoms with E-state index in [1.54, 1.807) is 4.90 Å². The predicted molar refractivity (Wildman–Crippen MR) is 104 cm³/mol. The van der Waals surface area contributed by atoms with Gasteiger partial charge in [-0.05, 0) is 50.8 Å². The van der Waals surface area contributed by atoms with Crippen molar-refractivity contribution < 1.29 is 9.53 Å². The van der Waals surface area contributed by atoms with Crippen molar-refractivity contribution in [2.24, 2.45) is 7.05 Å². The molecule has 0 spiro atoms. The molecule has 0 radical (unpaired) electrons. The third-order valence-electron chi connectivity index (χ3n) is 4.35. The van der Waals surface area contributed by atoms with Gasteiger partial charge in [0.1, 0.15) is 5.60 Å². The van der Waals surface area contributed by atoms with Gasteiger partial charge in [-0.25, -0.2) is 4.79 Å². The summed E-state index contributed by atoms with van der Waals surface area (Å²) in [5, 5.41) is 4.24. The molecule has 0 N–H and O–H groups in total. The van der Waals surface area contributed by atoms with Crippen LogP contribution in [0.4, 0.5) is 4.79 Å². The molecule has 1 aliphatic heterocycles. The molecule has 0 saturated carbocycles. The Hall–Kier alpha value is -2.56. The van der Waals surface area contributed by atoms with Crippen LogP contribution in [-0.2, 0) is 11.8 Å². The number of carbonyl (C=O) groups is 1. The van der Waals surface area contributed by atoms with Crippen molar-refractivity contribution in [1.29, 1.82) is 0 Å². The zero-order chi connectivity index (χ0) is 18.7. The minimum absolute atomic E-state index is 0.213. The van der Waals surface area contributed by atoms with E-state index >= 15 is 0 Å². The standard InChI is InChI=1S/C21H27N3O2/c1-21(2,3)26-20(25)24-10-8-16(9-11-24)12-17-6-5-7-18(13-17)19-14-22-23(4)15-19/h5-7,12-15H,8-11H2,1-4H3. The van der Waals surface area contributed by atoms with Gasteiger partial charge in [-0.2, -0.15) is 5.10 Å². The molecule has 5 nitrogen and oxygen atoms in total. The normalized spacial score (nSPS) is 15.1. The van der Waals surface area contributed by atoms with Crippen molar-refractivity contribution in [3.05, 3.63) is 47.8 Å². The summed E-state index contributed by atoms with van der Waals surface area (Å²) in [5.74, 6) is 0. The van der Waals surface area contributed by atoms with Gasteiger partial charge in [0.05, 0.1) is 6.20 Å². The van der Waals surface area contributed by atoms with Crippen LogP contribution in [0.2, 0.25) is 0 Å². The lowest BCUT2D eigenvalue weighted by Crippen LogP contribution is -2.40. The van der Waals surface area contributed by atoms with Crippen LogP contribution in [0.1, 0.15) is 39.2 Å². The molecule has 1 aromatic heterocycles. The summed E-state index contributed by atoms with van der Waals surface area (Å²) in [6, 6.07) is 8.48. The quantitative estimate of drug-likeness (QED) is 0.798. The Bertz CT molecular complexity index is 805. The summed E-state index contributed by atoms with van der Waals surface area (Å²) in [4.78, 5) is 14.0. The van der Waals surface area contributed by atoms with Crippen molar-refractivity contribution in [2.45, 2.75) is 39.2 Å². The van der Waals surface area contributed by atoms with Crippen LogP contribution in [-0.4, -0.2) is 39.5 Å². The Balaban J connectivity index is 1.64. The number of carbonyl (C=O) groups excluding carboxylic acids is 1. The molecule has 1 saturated heterocycles. The lowest BCUT2D eigenvalue weighted by atomic mass is 9.99. The molecule has 2 aromatic rings. The number of nitrogens with zero attached hydrogens (tertiary/aromatic N) is 3. The Morgan fingerprint density at radius 1 is 1.19 bits per heavy atom. The molecule has 26 heavy (non-hydrogen) atoms. The van der Waals surface area contributed by atoms with Crippen LogP contribution in [0.5, 0.6) is 0 Å². The highest BCUT2D eigenvalue weighted by Crippen LogP contribution is 2.24. The molecule has 1 fully saturated rings. The van der Waals surface area contributed by atoms with Gasteiger partial charge in [-0.3, -0.25) is 4.68 Å². The number of rotatable bonds is 2. The van der Waals surface area contributed by atoms with E-state index in [0.717, 1.165) is 18.4 Å². The summed E-state index contributed by atoms with van der Waals surface area (Å²) in [6.07, 6.45) is 7.70. The maximum Gasteiger partial charge on any atom is 0.410 e. The zero-order valence-corrected chi connectivity index (χ0v) is 16.0. The second-order valence-corrected chi connectivity index (χ2v) is 7.80. The van der Waals surface area contributed by atoms with Crippen LogP contribution in [0.3, 0.4) is 0 Å². The van der Waals surface area contributed by atoms with E-state index in [1.807, 2.05) is 44.9 Å². The summed E-state index contributed by atoms with van der Waals surface area (Å²) in [6.45, 7) is 7.12. The van der Waals surface area contributed by atoms with Crippen LogP contribution in [0.15, 0.2) is 42.2 Å². The molecule has 0 unspecified atom stereocenters. The highest BCUT2D eigenvalue weighted by Gasteiger charge is 2.24. The van der Waals surface area contributed by atoms with Gasteiger partial charge in [0, 0.05) is 31.9 Å². The Kier molecular flexibility index (Phi) is 5.16.